The smallest absolute Gasteiger partial charge is 0.317 e. The van der Waals surface area contributed by atoms with Gasteiger partial charge in [0, 0.05) is 26.3 Å². The first-order chi connectivity index (χ1) is 12.2. The van der Waals surface area contributed by atoms with Crippen molar-refractivity contribution in [2.45, 2.75) is 19.9 Å². The maximum absolute atomic E-state index is 12.2. The fraction of sp³-hybridized carbons (Fsp3) is 0.529. The van der Waals surface area contributed by atoms with Crippen molar-refractivity contribution in [2.75, 3.05) is 33.2 Å². The molecule has 0 saturated carbocycles. The van der Waals surface area contributed by atoms with Gasteiger partial charge < -0.3 is 19.6 Å². The largest absolute Gasteiger partial charge is 0.338 e. The first-order valence-electron chi connectivity index (χ1n) is 8.61. The lowest BCUT2D eigenvalue weighted by molar-refractivity contribution is 0.197. The van der Waals surface area contributed by atoms with E-state index in [1.165, 1.54) is 0 Å². The Morgan fingerprint density at radius 3 is 3.08 bits per heavy atom. The van der Waals surface area contributed by atoms with Gasteiger partial charge in [-0.3, -0.25) is 4.98 Å². The Bertz CT molecular complexity index is 689. The van der Waals surface area contributed by atoms with Gasteiger partial charge in [0.1, 0.15) is 12.2 Å². The molecule has 2 amide bonds. The number of rotatable bonds is 6. The highest BCUT2D eigenvalue weighted by molar-refractivity contribution is 5.73. The number of nitrogens with zero attached hydrogens (tertiary/aromatic N) is 5. The number of hydrogen-bond donors (Lipinski definition) is 1. The summed E-state index contributed by atoms with van der Waals surface area (Å²) in [5.41, 5.74) is 0.645. The molecule has 2 aromatic heterocycles. The third-order valence-electron chi connectivity index (χ3n) is 4.44. The predicted octanol–water partition coefficient (Wildman–Crippen LogP) is 1.61. The lowest BCUT2D eigenvalue weighted by atomic mass is 10.1. The van der Waals surface area contributed by atoms with Crippen LogP contribution in [0.1, 0.15) is 19.2 Å². The minimum absolute atomic E-state index is 0.132. The van der Waals surface area contributed by atoms with Crippen LogP contribution in [0.3, 0.4) is 0 Å². The van der Waals surface area contributed by atoms with Gasteiger partial charge in [-0.2, -0.15) is 4.98 Å². The predicted molar refractivity (Wildman–Crippen MR) is 92.6 cm³/mol. The van der Waals surface area contributed by atoms with Gasteiger partial charge in [0.05, 0.1) is 0 Å². The zero-order valence-electron chi connectivity index (χ0n) is 14.7. The van der Waals surface area contributed by atoms with Crippen molar-refractivity contribution in [3.8, 4) is 11.5 Å². The van der Waals surface area contributed by atoms with Crippen LogP contribution in [0.4, 0.5) is 4.79 Å². The Labute approximate surface area is 147 Å². The molecule has 3 rings (SSSR count). The minimum atomic E-state index is -0.132. The standard InChI is InChI=1S/C17H24N6O2/c1-3-23-9-7-13(11-23)10-19-17(24)22(2)12-15-20-16(21-25-15)14-6-4-5-8-18-14/h4-6,8,13H,3,7,9-12H2,1-2H3,(H,19,24)/t13-/m0/s1. The zero-order valence-corrected chi connectivity index (χ0v) is 14.7. The molecule has 8 heteroatoms. The molecule has 1 aliphatic heterocycles. The molecule has 25 heavy (non-hydrogen) atoms. The molecule has 1 N–H and O–H groups in total. The van der Waals surface area contributed by atoms with Crippen molar-refractivity contribution in [2.24, 2.45) is 5.92 Å². The zero-order chi connectivity index (χ0) is 17.6. The summed E-state index contributed by atoms with van der Waals surface area (Å²) in [4.78, 5) is 24.6. The van der Waals surface area contributed by atoms with Crippen molar-refractivity contribution in [1.82, 2.24) is 30.2 Å². The molecule has 0 unspecified atom stereocenters. The van der Waals surface area contributed by atoms with Crippen LogP contribution in [-0.2, 0) is 6.54 Å². The lowest BCUT2D eigenvalue weighted by Gasteiger charge is -2.18. The van der Waals surface area contributed by atoms with Crippen LogP contribution in [-0.4, -0.2) is 64.2 Å². The number of carbonyl (C=O) groups excluding carboxylic acids is 1. The number of urea groups is 1. The molecular formula is C17H24N6O2. The molecule has 1 fully saturated rings. The molecular weight excluding hydrogens is 320 g/mol. The molecule has 2 aromatic rings. The number of hydrogen-bond acceptors (Lipinski definition) is 6. The maximum Gasteiger partial charge on any atom is 0.317 e. The van der Waals surface area contributed by atoms with Gasteiger partial charge in [0.25, 0.3) is 0 Å². The van der Waals surface area contributed by atoms with Gasteiger partial charge in [0.15, 0.2) is 0 Å². The summed E-state index contributed by atoms with van der Waals surface area (Å²) in [5.74, 6) is 1.34. The number of carbonyl (C=O) groups is 1. The molecule has 0 radical (unpaired) electrons. The van der Waals surface area contributed by atoms with Crippen molar-refractivity contribution >= 4 is 6.03 Å². The first kappa shape index (κ1) is 17.3. The molecule has 0 aromatic carbocycles. The van der Waals surface area contributed by atoms with E-state index in [4.69, 9.17) is 4.52 Å². The number of pyridine rings is 1. The monoisotopic (exact) mass is 344 g/mol. The maximum atomic E-state index is 12.2. The topological polar surface area (TPSA) is 87.4 Å². The highest BCUT2D eigenvalue weighted by Gasteiger charge is 2.22. The molecule has 1 saturated heterocycles. The number of likely N-dealkylation sites (tertiary alicyclic amines) is 1. The Morgan fingerprint density at radius 2 is 2.36 bits per heavy atom. The number of aromatic nitrogens is 3. The van der Waals surface area contributed by atoms with Crippen LogP contribution >= 0.6 is 0 Å². The van der Waals surface area contributed by atoms with Crippen molar-refractivity contribution < 1.29 is 9.32 Å². The van der Waals surface area contributed by atoms with E-state index in [9.17, 15) is 4.79 Å². The SMILES string of the molecule is CCN1CC[C@@H](CNC(=O)N(C)Cc2nc(-c3ccccn3)no2)C1. The Morgan fingerprint density at radius 1 is 1.48 bits per heavy atom. The Hall–Kier alpha value is -2.48. The van der Waals surface area contributed by atoms with E-state index in [1.807, 2.05) is 18.2 Å². The summed E-state index contributed by atoms with van der Waals surface area (Å²) in [5, 5.41) is 6.90. The van der Waals surface area contributed by atoms with Crippen molar-refractivity contribution in [1.29, 1.82) is 0 Å². The highest BCUT2D eigenvalue weighted by Crippen LogP contribution is 2.15. The fourth-order valence-corrected chi connectivity index (χ4v) is 2.93. The van der Waals surface area contributed by atoms with E-state index in [2.05, 4.69) is 32.3 Å². The van der Waals surface area contributed by atoms with E-state index in [0.29, 0.717) is 29.9 Å². The molecule has 1 aliphatic rings. The van der Waals surface area contributed by atoms with Crippen molar-refractivity contribution in [3.63, 3.8) is 0 Å². The van der Waals surface area contributed by atoms with Crippen LogP contribution in [0.25, 0.3) is 11.5 Å². The summed E-state index contributed by atoms with van der Waals surface area (Å²) in [7, 11) is 1.72. The van der Waals surface area contributed by atoms with Crippen LogP contribution in [0.15, 0.2) is 28.9 Å². The van der Waals surface area contributed by atoms with E-state index in [-0.39, 0.29) is 12.6 Å². The van der Waals surface area contributed by atoms with Gasteiger partial charge in [-0.15, -0.1) is 0 Å². The van der Waals surface area contributed by atoms with Crippen LogP contribution in [0.5, 0.6) is 0 Å². The second-order valence-corrected chi connectivity index (χ2v) is 6.32. The molecule has 8 nitrogen and oxygen atoms in total. The average Bonchev–Trinajstić information content (AvgIpc) is 3.29. The van der Waals surface area contributed by atoms with Crippen LogP contribution in [0.2, 0.25) is 0 Å². The van der Waals surface area contributed by atoms with E-state index in [1.54, 1.807) is 18.1 Å². The highest BCUT2D eigenvalue weighted by atomic mass is 16.5. The van der Waals surface area contributed by atoms with E-state index >= 15 is 0 Å². The Kier molecular flexibility index (Phi) is 5.60. The average molecular weight is 344 g/mol. The van der Waals surface area contributed by atoms with E-state index in [0.717, 1.165) is 26.1 Å². The van der Waals surface area contributed by atoms with Crippen LogP contribution < -0.4 is 5.32 Å². The third kappa shape index (κ3) is 4.54. The number of amides is 2. The van der Waals surface area contributed by atoms with E-state index < -0.39 is 0 Å². The second kappa shape index (κ2) is 8.06. The molecule has 3 heterocycles. The summed E-state index contributed by atoms with van der Waals surface area (Å²) in [6, 6.07) is 5.37. The van der Waals surface area contributed by atoms with Gasteiger partial charge in [-0.1, -0.05) is 18.1 Å². The minimum Gasteiger partial charge on any atom is -0.338 e. The third-order valence-corrected chi connectivity index (χ3v) is 4.44. The van der Waals surface area contributed by atoms with Gasteiger partial charge in [-0.25, -0.2) is 4.79 Å². The molecule has 1 atom stereocenters. The molecule has 0 bridgehead atoms. The first-order valence-corrected chi connectivity index (χ1v) is 8.61. The molecule has 134 valence electrons. The van der Waals surface area contributed by atoms with Gasteiger partial charge in [0.2, 0.25) is 11.7 Å². The van der Waals surface area contributed by atoms with Crippen LogP contribution in [0, 0.1) is 5.92 Å². The molecule has 0 spiro atoms. The normalized spacial score (nSPS) is 17.6. The van der Waals surface area contributed by atoms with Gasteiger partial charge in [-0.05, 0) is 37.6 Å². The Balaban J connectivity index is 1.48. The summed E-state index contributed by atoms with van der Waals surface area (Å²) < 4.78 is 5.22. The van der Waals surface area contributed by atoms with Gasteiger partial charge >= 0.3 is 6.03 Å². The summed E-state index contributed by atoms with van der Waals surface area (Å²) >= 11 is 0. The summed E-state index contributed by atoms with van der Waals surface area (Å²) in [6.07, 6.45) is 2.81. The fourth-order valence-electron chi connectivity index (χ4n) is 2.93. The second-order valence-electron chi connectivity index (χ2n) is 6.32. The quantitative estimate of drug-likeness (QED) is 0.857. The number of nitrogens with one attached hydrogen (secondary N) is 1. The summed E-state index contributed by atoms with van der Waals surface area (Å²) in [6.45, 7) is 6.36. The lowest BCUT2D eigenvalue weighted by Crippen LogP contribution is -2.39. The van der Waals surface area contributed by atoms with Crippen molar-refractivity contribution in [3.05, 3.63) is 30.3 Å². The molecule has 0 aliphatic carbocycles.